The van der Waals surface area contributed by atoms with Crippen molar-refractivity contribution in [3.63, 3.8) is 0 Å². The van der Waals surface area contributed by atoms with Crippen LogP contribution in [0.2, 0.25) is 10.0 Å². The first-order chi connectivity index (χ1) is 9.99. The maximum atomic E-state index is 11.4. The van der Waals surface area contributed by atoms with E-state index in [2.05, 4.69) is 5.32 Å². The lowest BCUT2D eigenvalue weighted by Gasteiger charge is -2.09. The molecule has 2 amide bonds. The zero-order valence-electron chi connectivity index (χ0n) is 11.2. The monoisotopic (exact) mass is 350 g/mol. The molecule has 0 saturated heterocycles. The molecule has 0 fully saturated rings. The van der Waals surface area contributed by atoms with Crippen molar-refractivity contribution in [2.45, 2.75) is 6.42 Å². The van der Waals surface area contributed by atoms with Crippen molar-refractivity contribution in [3.8, 4) is 5.75 Å². The molecule has 116 valence electrons. The number of primary amides is 1. The lowest BCUT2D eigenvalue weighted by Crippen LogP contribution is -2.28. The Kier molecular flexibility index (Phi) is 8.34. The van der Waals surface area contributed by atoms with Gasteiger partial charge in [0.2, 0.25) is 11.8 Å². The van der Waals surface area contributed by atoms with E-state index in [1.165, 1.54) is 11.8 Å². The Bertz CT molecular complexity index is 500. The number of nitrogens with one attached hydrogen (secondary N) is 1. The summed E-state index contributed by atoms with van der Waals surface area (Å²) < 4.78 is 5.48. The van der Waals surface area contributed by atoms with E-state index in [0.717, 1.165) is 0 Å². The van der Waals surface area contributed by atoms with Crippen LogP contribution in [0.25, 0.3) is 0 Å². The van der Waals surface area contributed by atoms with Crippen LogP contribution < -0.4 is 15.8 Å². The minimum atomic E-state index is -0.430. The van der Waals surface area contributed by atoms with E-state index in [4.69, 9.17) is 33.7 Å². The summed E-state index contributed by atoms with van der Waals surface area (Å²) in [5.74, 6) is 0.356. The summed E-state index contributed by atoms with van der Waals surface area (Å²) in [5, 5.41) is 3.72. The maximum absolute atomic E-state index is 11.4. The van der Waals surface area contributed by atoms with Gasteiger partial charge in [-0.2, -0.15) is 0 Å². The molecule has 0 bridgehead atoms. The SMILES string of the molecule is NC(=O)CSCC(=O)NCCCOc1ccc(Cl)cc1Cl. The molecule has 0 radical (unpaired) electrons. The molecule has 8 heteroatoms. The minimum absolute atomic E-state index is 0.134. The molecular weight excluding hydrogens is 335 g/mol. The summed E-state index contributed by atoms with van der Waals surface area (Å²) in [5.41, 5.74) is 4.97. The Morgan fingerprint density at radius 3 is 2.71 bits per heavy atom. The van der Waals surface area contributed by atoms with E-state index in [-0.39, 0.29) is 17.4 Å². The minimum Gasteiger partial charge on any atom is -0.492 e. The first kappa shape index (κ1) is 17.9. The molecule has 1 aromatic rings. The summed E-state index contributed by atoms with van der Waals surface area (Å²) in [4.78, 5) is 21.9. The standard InChI is InChI=1S/C13H16Cl2N2O3S/c14-9-2-3-11(10(15)6-9)20-5-1-4-17-13(19)8-21-7-12(16)18/h2-3,6H,1,4-5,7-8H2,(H2,16,18)(H,17,19). The Hall–Kier alpha value is -1.11. The van der Waals surface area contributed by atoms with Gasteiger partial charge in [-0.05, 0) is 24.6 Å². The van der Waals surface area contributed by atoms with Gasteiger partial charge >= 0.3 is 0 Å². The highest BCUT2D eigenvalue weighted by Gasteiger charge is 2.04. The van der Waals surface area contributed by atoms with E-state index < -0.39 is 5.91 Å². The van der Waals surface area contributed by atoms with Gasteiger partial charge in [-0.25, -0.2) is 0 Å². The zero-order valence-corrected chi connectivity index (χ0v) is 13.6. The second kappa shape index (κ2) is 9.76. The number of rotatable bonds is 9. The van der Waals surface area contributed by atoms with E-state index in [0.29, 0.717) is 35.4 Å². The fourth-order valence-corrected chi connectivity index (χ4v) is 2.42. The van der Waals surface area contributed by atoms with E-state index in [9.17, 15) is 9.59 Å². The third kappa shape index (κ3) is 8.04. The Morgan fingerprint density at radius 2 is 2.05 bits per heavy atom. The third-order valence-corrected chi connectivity index (χ3v) is 3.76. The van der Waals surface area contributed by atoms with Crippen molar-refractivity contribution in [1.29, 1.82) is 0 Å². The van der Waals surface area contributed by atoms with Crippen LogP contribution in [0.5, 0.6) is 5.75 Å². The fourth-order valence-electron chi connectivity index (χ4n) is 1.37. The van der Waals surface area contributed by atoms with E-state index >= 15 is 0 Å². The average molecular weight is 351 g/mol. The van der Waals surface area contributed by atoms with Gasteiger partial charge in [0.25, 0.3) is 0 Å². The largest absolute Gasteiger partial charge is 0.492 e. The second-order valence-corrected chi connectivity index (χ2v) is 5.92. The van der Waals surface area contributed by atoms with Gasteiger partial charge in [0.05, 0.1) is 23.1 Å². The summed E-state index contributed by atoms with van der Waals surface area (Å²) in [6.07, 6.45) is 0.644. The van der Waals surface area contributed by atoms with Crippen LogP contribution in [0.1, 0.15) is 6.42 Å². The van der Waals surface area contributed by atoms with Gasteiger partial charge < -0.3 is 15.8 Å². The topological polar surface area (TPSA) is 81.4 Å². The summed E-state index contributed by atoms with van der Waals surface area (Å²) in [6.45, 7) is 0.914. The molecule has 0 spiro atoms. The van der Waals surface area contributed by atoms with E-state index in [1.54, 1.807) is 18.2 Å². The summed E-state index contributed by atoms with van der Waals surface area (Å²) in [6, 6.07) is 5.00. The number of ether oxygens (including phenoxy) is 1. The lowest BCUT2D eigenvalue weighted by atomic mass is 10.3. The first-order valence-electron chi connectivity index (χ1n) is 6.19. The van der Waals surface area contributed by atoms with Crippen molar-refractivity contribution in [2.75, 3.05) is 24.7 Å². The van der Waals surface area contributed by atoms with Crippen LogP contribution in [-0.4, -0.2) is 36.5 Å². The molecule has 0 saturated carbocycles. The van der Waals surface area contributed by atoms with Gasteiger partial charge in [-0.15, -0.1) is 11.8 Å². The Morgan fingerprint density at radius 1 is 1.29 bits per heavy atom. The third-order valence-electron chi connectivity index (χ3n) is 2.27. The molecule has 0 aromatic heterocycles. The van der Waals surface area contributed by atoms with Crippen LogP contribution in [0.4, 0.5) is 0 Å². The smallest absolute Gasteiger partial charge is 0.230 e. The molecule has 5 nitrogen and oxygen atoms in total. The number of hydrogen-bond donors (Lipinski definition) is 2. The van der Waals surface area contributed by atoms with Crippen LogP contribution in [0.15, 0.2) is 18.2 Å². The highest BCUT2D eigenvalue weighted by molar-refractivity contribution is 8.00. The highest BCUT2D eigenvalue weighted by atomic mass is 35.5. The lowest BCUT2D eigenvalue weighted by molar-refractivity contribution is -0.118. The zero-order chi connectivity index (χ0) is 15.7. The van der Waals surface area contributed by atoms with Crippen molar-refractivity contribution in [2.24, 2.45) is 5.73 Å². The van der Waals surface area contributed by atoms with Crippen LogP contribution >= 0.6 is 35.0 Å². The molecule has 21 heavy (non-hydrogen) atoms. The van der Waals surface area contributed by atoms with Crippen molar-refractivity contribution < 1.29 is 14.3 Å². The van der Waals surface area contributed by atoms with Crippen LogP contribution in [0, 0.1) is 0 Å². The van der Waals surface area contributed by atoms with E-state index in [1.807, 2.05) is 0 Å². The molecule has 0 unspecified atom stereocenters. The average Bonchev–Trinajstić information content (AvgIpc) is 2.40. The molecule has 3 N–H and O–H groups in total. The number of amides is 2. The number of halogens is 2. The molecule has 0 atom stereocenters. The number of nitrogens with two attached hydrogens (primary N) is 1. The molecule has 1 rings (SSSR count). The molecule has 1 aromatic carbocycles. The quantitative estimate of drug-likeness (QED) is 0.668. The second-order valence-electron chi connectivity index (χ2n) is 4.09. The molecule has 0 aliphatic rings. The van der Waals surface area contributed by atoms with Gasteiger partial charge in [0.15, 0.2) is 0 Å². The van der Waals surface area contributed by atoms with Gasteiger partial charge in [0.1, 0.15) is 5.75 Å². The molecular formula is C13H16Cl2N2O3S. The number of hydrogen-bond acceptors (Lipinski definition) is 4. The van der Waals surface area contributed by atoms with Crippen LogP contribution in [-0.2, 0) is 9.59 Å². The predicted octanol–water partition coefficient (Wildman–Crippen LogP) is 2.10. The van der Waals surface area contributed by atoms with Gasteiger partial charge in [-0.1, -0.05) is 23.2 Å². The van der Waals surface area contributed by atoms with Crippen molar-refractivity contribution in [1.82, 2.24) is 5.32 Å². The van der Waals surface area contributed by atoms with Crippen LogP contribution in [0.3, 0.4) is 0 Å². The number of carbonyl (C=O) groups is 2. The normalized spacial score (nSPS) is 10.2. The van der Waals surface area contributed by atoms with Crippen molar-refractivity contribution >= 4 is 46.8 Å². The molecule has 0 heterocycles. The Labute approximate surface area is 137 Å². The maximum Gasteiger partial charge on any atom is 0.230 e. The number of thioether (sulfide) groups is 1. The number of benzene rings is 1. The number of carbonyl (C=O) groups excluding carboxylic acids is 2. The fraction of sp³-hybridized carbons (Fsp3) is 0.385. The first-order valence-corrected chi connectivity index (χ1v) is 8.10. The Balaban J connectivity index is 2.11. The summed E-state index contributed by atoms with van der Waals surface area (Å²) >= 11 is 12.9. The van der Waals surface area contributed by atoms with Gasteiger partial charge in [0, 0.05) is 11.6 Å². The van der Waals surface area contributed by atoms with Gasteiger partial charge in [-0.3, -0.25) is 9.59 Å². The highest BCUT2D eigenvalue weighted by Crippen LogP contribution is 2.27. The molecule has 0 aliphatic carbocycles. The molecule has 0 aliphatic heterocycles. The predicted molar refractivity (Wildman–Crippen MR) is 86.1 cm³/mol. The summed E-state index contributed by atoms with van der Waals surface area (Å²) in [7, 11) is 0. The van der Waals surface area contributed by atoms with Crippen molar-refractivity contribution in [3.05, 3.63) is 28.2 Å².